The zero-order chi connectivity index (χ0) is 14.6. The molecule has 19 heavy (non-hydrogen) atoms. The SMILES string of the molecule is CNCc1cc(Cl)cc(S(=O)(=O)NCC(C)C)c1Cl. The Bertz CT molecular complexity index is 545. The highest BCUT2D eigenvalue weighted by atomic mass is 35.5. The van der Waals surface area contributed by atoms with Crippen LogP contribution in [0.3, 0.4) is 0 Å². The van der Waals surface area contributed by atoms with Gasteiger partial charge in [0, 0.05) is 18.1 Å². The van der Waals surface area contributed by atoms with E-state index in [0.29, 0.717) is 23.7 Å². The van der Waals surface area contributed by atoms with E-state index in [0.717, 1.165) is 0 Å². The Morgan fingerprint density at radius 3 is 2.42 bits per heavy atom. The Hall–Kier alpha value is -0.330. The van der Waals surface area contributed by atoms with Crippen molar-refractivity contribution in [3.63, 3.8) is 0 Å². The summed E-state index contributed by atoms with van der Waals surface area (Å²) in [7, 11) is -1.89. The smallest absolute Gasteiger partial charge is 0.242 e. The van der Waals surface area contributed by atoms with E-state index in [9.17, 15) is 8.42 Å². The molecule has 0 saturated carbocycles. The highest BCUT2D eigenvalue weighted by Crippen LogP contribution is 2.29. The second-order valence-corrected chi connectivity index (χ2v) is 7.20. The van der Waals surface area contributed by atoms with E-state index in [2.05, 4.69) is 10.0 Å². The van der Waals surface area contributed by atoms with Gasteiger partial charge in [-0.3, -0.25) is 0 Å². The number of nitrogens with one attached hydrogen (secondary N) is 2. The quantitative estimate of drug-likeness (QED) is 0.845. The molecule has 0 saturated heterocycles. The first kappa shape index (κ1) is 16.7. The van der Waals surface area contributed by atoms with Crippen LogP contribution in [0.2, 0.25) is 10.0 Å². The van der Waals surface area contributed by atoms with Crippen LogP contribution < -0.4 is 10.0 Å². The number of hydrogen-bond acceptors (Lipinski definition) is 3. The van der Waals surface area contributed by atoms with E-state index >= 15 is 0 Å². The number of halogens is 2. The lowest BCUT2D eigenvalue weighted by atomic mass is 10.2. The highest BCUT2D eigenvalue weighted by molar-refractivity contribution is 7.89. The minimum absolute atomic E-state index is 0.0209. The number of hydrogen-bond donors (Lipinski definition) is 2. The molecule has 1 aromatic carbocycles. The molecule has 0 atom stereocenters. The van der Waals surface area contributed by atoms with Crippen LogP contribution in [0.4, 0.5) is 0 Å². The largest absolute Gasteiger partial charge is 0.316 e. The van der Waals surface area contributed by atoms with E-state index in [1.54, 1.807) is 13.1 Å². The molecule has 4 nitrogen and oxygen atoms in total. The molecule has 0 aliphatic carbocycles. The van der Waals surface area contributed by atoms with Crippen LogP contribution >= 0.6 is 23.2 Å². The van der Waals surface area contributed by atoms with Gasteiger partial charge in [-0.1, -0.05) is 37.0 Å². The third kappa shape index (κ3) is 4.61. The molecule has 7 heteroatoms. The molecule has 1 aromatic rings. The third-order valence-electron chi connectivity index (χ3n) is 2.42. The average molecular weight is 325 g/mol. The normalized spacial score (nSPS) is 12.1. The summed E-state index contributed by atoms with van der Waals surface area (Å²) >= 11 is 12.1. The molecule has 108 valence electrons. The number of benzene rings is 1. The Balaban J connectivity index is 3.18. The Labute approximate surface area is 124 Å². The van der Waals surface area contributed by atoms with Crippen LogP contribution in [-0.2, 0) is 16.6 Å². The summed E-state index contributed by atoms with van der Waals surface area (Å²) in [6.45, 7) is 4.65. The van der Waals surface area contributed by atoms with Gasteiger partial charge in [-0.15, -0.1) is 0 Å². The molecule has 0 bridgehead atoms. The lowest BCUT2D eigenvalue weighted by molar-refractivity contribution is 0.560. The predicted octanol–water partition coefficient (Wildman–Crippen LogP) is 2.65. The van der Waals surface area contributed by atoms with E-state index < -0.39 is 10.0 Å². The number of rotatable bonds is 6. The fourth-order valence-corrected chi connectivity index (χ4v) is 3.63. The highest BCUT2D eigenvalue weighted by Gasteiger charge is 2.21. The van der Waals surface area contributed by atoms with E-state index in [1.807, 2.05) is 13.8 Å². The van der Waals surface area contributed by atoms with Gasteiger partial charge in [-0.05, 0) is 30.7 Å². The van der Waals surface area contributed by atoms with Crippen molar-refractivity contribution >= 4 is 33.2 Å². The summed E-state index contributed by atoms with van der Waals surface area (Å²) in [5.74, 6) is 0.213. The van der Waals surface area contributed by atoms with Crippen molar-refractivity contribution in [2.75, 3.05) is 13.6 Å². The molecular formula is C12H18Cl2N2O2S. The maximum Gasteiger partial charge on any atom is 0.242 e. The molecule has 0 fully saturated rings. The molecule has 0 unspecified atom stereocenters. The first-order valence-electron chi connectivity index (χ1n) is 5.90. The minimum Gasteiger partial charge on any atom is -0.316 e. The third-order valence-corrected chi connectivity index (χ3v) is 4.64. The summed E-state index contributed by atoms with van der Waals surface area (Å²) in [5.41, 5.74) is 0.654. The molecular weight excluding hydrogens is 307 g/mol. The molecule has 0 radical (unpaired) electrons. The van der Waals surface area contributed by atoms with Crippen LogP contribution in [0.25, 0.3) is 0 Å². The first-order chi connectivity index (χ1) is 8.77. The summed E-state index contributed by atoms with van der Waals surface area (Å²) in [4.78, 5) is 0.0209. The molecule has 0 aliphatic heterocycles. The van der Waals surface area contributed by atoms with Crippen LogP contribution in [-0.4, -0.2) is 22.0 Å². The van der Waals surface area contributed by atoms with Gasteiger partial charge in [0.25, 0.3) is 0 Å². The second kappa shape index (κ2) is 6.90. The van der Waals surface area contributed by atoms with Gasteiger partial charge in [0.05, 0.1) is 5.02 Å². The predicted molar refractivity (Wildman–Crippen MR) is 79.3 cm³/mol. The van der Waals surface area contributed by atoms with Crippen LogP contribution in [0.15, 0.2) is 17.0 Å². The minimum atomic E-state index is -3.64. The molecule has 1 rings (SSSR count). The Kier molecular flexibility index (Phi) is 6.08. The van der Waals surface area contributed by atoms with Gasteiger partial charge in [0.15, 0.2) is 0 Å². The molecule has 0 spiro atoms. The summed E-state index contributed by atoms with van der Waals surface area (Å²) in [6.07, 6.45) is 0. The van der Waals surface area contributed by atoms with Gasteiger partial charge >= 0.3 is 0 Å². The lowest BCUT2D eigenvalue weighted by Crippen LogP contribution is -2.28. The van der Waals surface area contributed by atoms with Gasteiger partial charge in [0.2, 0.25) is 10.0 Å². The second-order valence-electron chi connectivity index (χ2n) is 4.65. The molecule has 0 amide bonds. The fourth-order valence-electron chi connectivity index (χ4n) is 1.49. The Morgan fingerprint density at radius 1 is 1.26 bits per heavy atom. The van der Waals surface area contributed by atoms with Crippen molar-refractivity contribution in [2.24, 2.45) is 5.92 Å². The van der Waals surface area contributed by atoms with E-state index in [1.165, 1.54) is 6.07 Å². The van der Waals surface area contributed by atoms with Gasteiger partial charge < -0.3 is 5.32 Å². The van der Waals surface area contributed by atoms with Crippen molar-refractivity contribution in [2.45, 2.75) is 25.3 Å². The van der Waals surface area contributed by atoms with E-state index in [4.69, 9.17) is 23.2 Å². The molecule has 2 N–H and O–H groups in total. The number of sulfonamides is 1. The monoisotopic (exact) mass is 324 g/mol. The van der Waals surface area contributed by atoms with Crippen LogP contribution in [0, 0.1) is 5.92 Å². The van der Waals surface area contributed by atoms with Crippen molar-refractivity contribution < 1.29 is 8.42 Å². The summed E-state index contributed by atoms with van der Waals surface area (Å²) < 4.78 is 26.9. The molecule has 0 aliphatic rings. The summed E-state index contributed by atoms with van der Waals surface area (Å²) in [5, 5.41) is 3.47. The van der Waals surface area contributed by atoms with Crippen molar-refractivity contribution in [3.8, 4) is 0 Å². The zero-order valence-corrected chi connectivity index (χ0v) is 13.5. The van der Waals surface area contributed by atoms with E-state index in [-0.39, 0.29) is 15.8 Å². The fraction of sp³-hybridized carbons (Fsp3) is 0.500. The maximum absolute atomic E-state index is 12.2. The lowest BCUT2D eigenvalue weighted by Gasteiger charge is -2.13. The van der Waals surface area contributed by atoms with Gasteiger partial charge in [0.1, 0.15) is 4.90 Å². The van der Waals surface area contributed by atoms with Crippen LogP contribution in [0.1, 0.15) is 19.4 Å². The Morgan fingerprint density at radius 2 is 1.89 bits per heavy atom. The standard InChI is InChI=1S/C12H18Cl2N2O2S/c1-8(2)6-16-19(17,18)11-5-10(13)4-9(7-15-3)12(11)14/h4-5,8,15-16H,6-7H2,1-3H3. The topological polar surface area (TPSA) is 58.2 Å². The maximum atomic E-state index is 12.2. The van der Waals surface area contributed by atoms with Crippen LogP contribution in [0.5, 0.6) is 0 Å². The molecule has 0 aromatic heterocycles. The summed E-state index contributed by atoms with van der Waals surface area (Å²) in [6, 6.07) is 3.02. The first-order valence-corrected chi connectivity index (χ1v) is 8.14. The van der Waals surface area contributed by atoms with Gasteiger partial charge in [-0.2, -0.15) is 0 Å². The van der Waals surface area contributed by atoms with Crippen molar-refractivity contribution in [1.82, 2.24) is 10.0 Å². The van der Waals surface area contributed by atoms with Crippen molar-refractivity contribution in [1.29, 1.82) is 0 Å². The van der Waals surface area contributed by atoms with Gasteiger partial charge in [-0.25, -0.2) is 13.1 Å². The molecule has 0 heterocycles. The van der Waals surface area contributed by atoms with Crippen molar-refractivity contribution in [3.05, 3.63) is 27.7 Å². The zero-order valence-electron chi connectivity index (χ0n) is 11.1. The average Bonchev–Trinajstić information content (AvgIpc) is 2.31.